The van der Waals surface area contributed by atoms with E-state index in [1.165, 1.54) is 7.11 Å². The van der Waals surface area contributed by atoms with Crippen LogP contribution in [-0.2, 0) is 27.2 Å². The second kappa shape index (κ2) is 10.6. The van der Waals surface area contributed by atoms with Gasteiger partial charge in [0.05, 0.1) is 37.2 Å². The van der Waals surface area contributed by atoms with Crippen molar-refractivity contribution in [2.24, 2.45) is 5.92 Å². The number of carbonyl (C=O) groups excluding carboxylic acids is 2. The van der Waals surface area contributed by atoms with Gasteiger partial charge in [-0.3, -0.25) is 4.79 Å². The Balaban J connectivity index is 1.59. The van der Waals surface area contributed by atoms with E-state index >= 15 is 0 Å². The summed E-state index contributed by atoms with van der Waals surface area (Å²) in [5.41, 5.74) is 4.36. The van der Waals surface area contributed by atoms with Crippen LogP contribution in [0.4, 0.5) is 11.4 Å². The van der Waals surface area contributed by atoms with Crippen molar-refractivity contribution in [1.29, 1.82) is 0 Å². The van der Waals surface area contributed by atoms with Gasteiger partial charge in [0, 0.05) is 41.7 Å². The van der Waals surface area contributed by atoms with Gasteiger partial charge in [-0.05, 0) is 43.9 Å². The highest BCUT2D eigenvalue weighted by molar-refractivity contribution is 6.11. The number of H-pyrrole nitrogens is 1. The number of aryl methyl sites for hydroxylation is 2. The topological polar surface area (TPSA) is 110 Å². The van der Waals surface area contributed by atoms with Crippen LogP contribution in [0.1, 0.15) is 42.7 Å². The number of rotatable bonds is 9. The molecule has 9 heteroatoms. The Kier molecular flexibility index (Phi) is 7.14. The van der Waals surface area contributed by atoms with Crippen molar-refractivity contribution >= 4 is 45.2 Å². The molecule has 1 fully saturated rings. The zero-order valence-electron chi connectivity index (χ0n) is 21.5. The quantitative estimate of drug-likeness (QED) is 0.285. The van der Waals surface area contributed by atoms with Crippen molar-refractivity contribution in [1.82, 2.24) is 14.5 Å². The van der Waals surface area contributed by atoms with Crippen LogP contribution in [-0.4, -0.2) is 52.8 Å². The molecule has 3 aromatic heterocycles. The second-order valence-electron chi connectivity index (χ2n) is 9.57. The molecule has 1 saturated heterocycles. The lowest BCUT2D eigenvalue weighted by molar-refractivity contribution is -0.119. The zero-order valence-corrected chi connectivity index (χ0v) is 21.5. The number of aromatic nitrogens is 3. The van der Waals surface area contributed by atoms with Gasteiger partial charge in [-0.1, -0.05) is 25.1 Å². The summed E-state index contributed by atoms with van der Waals surface area (Å²) in [6.45, 7) is 5.61. The summed E-state index contributed by atoms with van der Waals surface area (Å²) in [4.78, 5) is 34.3. The van der Waals surface area contributed by atoms with E-state index in [-0.39, 0.29) is 23.6 Å². The molecule has 0 unspecified atom stereocenters. The van der Waals surface area contributed by atoms with Crippen molar-refractivity contribution in [2.75, 3.05) is 31.0 Å². The fourth-order valence-corrected chi connectivity index (χ4v) is 4.88. The monoisotopic (exact) mass is 503 g/mol. The van der Waals surface area contributed by atoms with Gasteiger partial charge < -0.3 is 29.7 Å². The van der Waals surface area contributed by atoms with Gasteiger partial charge in [-0.15, -0.1) is 0 Å². The van der Waals surface area contributed by atoms with Crippen LogP contribution in [0.5, 0.6) is 0 Å². The molecule has 9 nitrogen and oxygen atoms in total. The van der Waals surface area contributed by atoms with Gasteiger partial charge in [0.1, 0.15) is 5.65 Å². The molecule has 0 spiro atoms. The van der Waals surface area contributed by atoms with Crippen LogP contribution in [0.15, 0.2) is 42.7 Å². The van der Waals surface area contributed by atoms with Crippen molar-refractivity contribution in [3.8, 4) is 0 Å². The lowest BCUT2D eigenvalue weighted by Gasteiger charge is -2.13. The lowest BCUT2D eigenvalue weighted by atomic mass is 10.1. The molecule has 5 rings (SSSR count). The van der Waals surface area contributed by atoms with Crippen molar-refractivity contribution in [3.63, 3.8) is 0 Å². The zero-order chi connectivity index (χ0) is 25.9. The van der Waals surface area contributed by atoms with Gasteiger partial charge in [0.2, 0.25) is 5.91 Å². The largest absolute Gasteiger partial charge is 0.464 e. The van der Waals surface area contributed by atoms with Crippen LogP contribution < -0.4 is 10.6 Å². The third kappa shape index (κ3) is 4.91. The Morgan fingerprint density at radius 1 is 1.30 bits per heavy atom. The number of ether oxygens (including phenoxy) is 2. The SMILES string of the molecule is CC[C@@H](C)Nc1cnc2c(c1)c(NC(=O)[C@@H]1CCOC1)c(C(=O)OC)n2CCc1c[nH]c2ccccc12. The molecule has 4 aromatic rings. The maximum atomic E-state index is 13.1. The first-order chi connectivity index (χ1) is 18.0. The average Bonchev–Trinajstić information content (AvgIpc) is 3.66. The van der Waals surface area contributed by atoms with E-state index < -0.39 is 5.97 Å². The number of fused-ring (bicyclic) bond motifs is 2. The molecule has 194 valence electrons. The molecule has 1 aliphatic rings. The number of nitrogens with zero attached hydrogens (tertiary/aromatic N) is 2. The highest BCUT2D eigenvalue weighted by Crippen LogP contribution is 2.34. The molecule has 1 amide bonds. The van der Waals surface area contributed by atoms with Crippen molar-refractivity contribution in [3.05, 3.63) is 54.0 Å². The predicted molar refractivity (Wildman–Crippen MR) is 144 cm³/mol. The summed E-state index contributed by atoms with van der Waals surface area (Å²) in [6.07, 6.45) is 6.03. The highest BCUT2D eigenvalue weighted by Gasteiger charge is 2.30. The van der Waals surface area contributed by atoms with Crippen LogP contribution in [0.25, 0.3) is 21.9 Å². The number of carbonyl (C=O) groups is 2. The number of aromatic amines is 1. The number of esters is 1. The molecule has 4 heterocycles. The second-order valence-corrected chi connectivity index (χ2v) is 9.57. The van der Waals surface area contributed by atoms with Gasteiger partial charge >= 0.3 is 5.97 Å². The summed E-state index contributed by atoms with van der Waals surface area (Å²) in [7, 11) is 1.35. The maximum absolute atomic E-state index is 13.1. The van der Waals surface area contributed by atoms with Crippen LogP contribution in [0.2, 0.25) is 0 Å². The number of hydrogen-bond acceptors (Lipinski definition) is 6. The summed E-state index contributed by atoms with van der Waals surface area (Å²) in [5, 5.41) is 8.31. The van der Waals surface area contributed by atoms with E-state index in [0.717, 1.165) is 28.6 Å². The van der Waals surface area contributed by atoms with Crippen LogP contribution >= 0.6 is 0 Å². The van der Waals surface area contributed by atoms with E-state index in [4.69, 9.17) is 14.5 Å². The molecule has 0 saturated carbocycles. The number of benzene rings is 1. The Morgan fingerprint density at radius 3 is 2.89 bits per heavy atom. The molecule has 1 aromatic carbocycles. The van der Waals surface area contributed by atoms with E-state index in [1.807, 2.05) is 35.0 Å². The van der Waals surface area contributed by atoms with Gasteiger partial charge in [0.25, 0.3) is 0 Å². The third-order valence-electron chi connectivity index (χ3n) is 7.13. The number of para-hydroxylation sites is 1. The molecule has 0 radical (unpaired) electrons. The van der Waals surface area contributed by atoms with Crippen LogP contribution in [0.3, 0.4) is 0 Å². The van der Waals surface area contributed by atoms with E-state index in [0.29, 0.717) is 49.3 Å². The number of hydrogen-bond donors (Lipinski definition) is 3. The summed E-state index contributed by atoms with van der Waals surface area (Å²) in [5.74, 6) is -0.950. The van der Waals surface area contributed by atoms with Crippen molar-refractivity contribution < 1.29 is 19.1 Å². The van der Waals surface area contributed by atoms with Gasteiger partial charge in [0.15, 0.2) is 5.69 Å². The van der Waals surface area contributed by atoms with E-state index in [1.54, 1.807) is 6.20 Å². The number of anilines is 2. The normalized spacial score (nSPS) is 16.2. The first-order valence-corrected chi connectivity index (χ1v) is 12.8. The number of methoxy groups -OCH3 is 1. The first kappa shape index (κ1) is 24.8. The third-order valence-corrected chi connectivity index (χ3v) is 7.13. The lowest BCUT2D eigenvalue weighted by Crippen LogP contribution is -2.24. The average molecular weight is 504 g/mol. The van der Waals surface area contributed by atoms with Gasteiger partial charge in [-0.25, -0.2) is 9.78 Å². The summed E-state index contributed by atoms with van der Waals surface area (Å²) < 4.78 is 12.5. The molecule has 0 bridgehead atoms. The number of pyridine rings is 1. The molecule has 2 atom stereocenters. The minimum atomic E-state index is -0.522. The Morgan fingerprint density at radius 2 is 2.14 bits per heavy atom. The minimum Gasteiger partial charge on any atom is -0.464 e. The smallest absolute Gasteiger partial charge is 0.356 e. The minimum absolute atomic E-state index is 0.168. The fraction of sp³-hybridized carbons (Fsp3) is 0.393. The standard InChI is InChI=1S/C28H33N5O4/c1-4-17(2)31-20-13-22-24(32-27(34)19-10-12-37-16-19)25(28(35)36-3)33(26(22)30-15-20)11-9-18-14-29-23-8-6-5-7-21(18)23/h5-8,13-15,17,19,29,31H,4,9-12,16H2,1-3H3,(H,32,34)/t17-,19-/m1/s1. The molecule has 1 aliphatic heterocycles. The number of nitrogens with one attached hydrogen (secondary N) is 3. The molecule has 3 N–H and O–H groups in total. The van der Waals surface area contributed by atoms with E-state index in [2.05, 4.69) is 35.5 Å². The Labute approximate surface area is 215 Å². The first-order valence-electron chi connectivity index (χ1n) is 12.8. The fourth-order valence-electron chi connectivity index (χ4n) is 4.88. The summed E-state index contributed by atoms with van der Waals surface area (Å²) >= 11 is 0. The molecular formula is C28H33N5O4. The number of amides is 1. The molecular weight excluding hydrogens is 470 g/mol. The van der Waals surface area contributed by atoms with Crippen LogP contribution in [0, 0.1) is 5.92 Å². The predicted octanol–water partition coefficient (Wildman–Crippen LogP) is 4.73. The highest BCUT2D eigenvalue weighted by atomic mass is 16.5. The summed E-state index contributed by atoms with van der Waals surface area (Å²) in [6, 6.07) is 10.3. The Bertz CT molecular complexity index is 1430. The van der Waals surface area contributed by atoms with E-state index in [9.17, 15) is 9.59 Å². The molecule has 0 aliphatic carbocycles. The maximum Gasteiger partial charge on any atom is 0.356 e. The molecule has 37 heavy (non-hydrogen) atoms. The van der Waals surface area contributed by atoms with Gasteiger partial charge in [-0.2, -0.15) is 0 Å². The Hall–Kier alpha value is -3.85. The van der Waals surface area contributed by atoms with Crippen molar-refractivity contribution in [2.45, 2.75) is 45.7 Å².